The summed E-state index contributed by atoms with van der Waals surface area (Å²) in [6, 6.07) is 7.73. The molecule has 1 amide bonds. The fourth-order valence-corrected chi connectivity index (χ4v) is 3.83. The zero-order valence-electron chi connectivity index (χ0n) is 13.3. The van der Waals surface area contributed by atoms with Crippen LogP contribution in [0.25, 0.3) is 0 Å². The third-order valence-corrected chi connectivity index (χ3v) is 5.06. The quantitative estimate of drug-likeness (QED) is 0.864. The molecule has 1 fully saturated rings. The van der Waals surface area contributed by atoms with Gasteiger partial charge in [-0.15, -0.1) is 0 Å². The highest BCUT2D eigenvalue weighted by Crippen LogP contribution is 2.31. The van der Waals surface area contributed by atoms with Gasteiger partial charge in [0.1, 0.15) is 5.82 Å². The van der Waals surface area contributed by atoms with E-state index < -0.39 is 5.82 Å². The van der Waals surface area contributed by atoms with Crippen molar-refractivity contribution < 1.29 is 9.18 Å². The van der Waals surface area contributed by atoms with Gasteiger partial charge in [-0.1, -0.05) is 30.8 Å². The van der Waals surface area contributed by atoms with E-state index in [1.54, 1.807) is 18.2 Å². The molecule has 0 radical (unpaired) electrons. The number of thioether (sulfide) groups is 1. The number of para-hydroxylation sites is 1. The number of carbonyl (C=O) groups excluding carboxylic acids is 1. The van der Waals surface area contributed by atoms with Gasteiger partial charge in [0.15, 0.2) is 5.16 Å². The lowest BCUT2D eigenvalue weighted by molar-refractivity contribution is -0.119. The minimum Gasteiger partial charge on any atom is -0.309 e. The molecule has 1 aliphatic heterocycles. The zero-order chi connectivity index (χ0) is 17.1. The number of halogens is 1. The Morgan fingerprint density at radius 2 is 2.17 bits per heavy atom. The summed E-state index contributed by atoms with van der Waals surface area (Å²) in [6.07, 6.45) is 2.10. The summed E-state index contributed by atoms with van der Waals surface area (Å²) in [5, 5.41) is 0.0571. The molecule has 0 spiro atoms. The van der Waals surface area contributed by atoms with E-state index in [2.05, 4.69) is 9.97 Å². The van der Waals surface area contributed by atoms with E-state index in [1.807, 2.05) is 6.92 Å². The van der Waals surface area contributed by atoms with Gasteiger partial charge in [0.2, 0.25) is 5.91 Å². The van der Waals surface area contributed by atoms with Gasteiger partial charge in [0.25, 0.3) is 5.56 Å². The molecule has 1 saturated heterocycles. The third-order valence-electron chi connectivity index (χ3n) is 3.92. The van der Waals surface area contributed by atoms with Crippen LogP contribution in [0.2, 0.25) is 0 Å². The SMILES string of the molecule is CCc1cc(=O)[nH]c(S[C@@H]2CCCN(c3ccccc3F)C2=O)n1. The average molecular weight is 347 g/mol. The predicted molar refractivity (Wildman–Crippen MR) is 91.9 cm³/mol. The number of rotatable bonds is 4. The van der Waals surface area contributed by atoms with E-state index in [9.17, 15) is 14.0 Å². The number of hydrogen-bond donors (Lipinski definition) is 1. The first-order chi connectivity index (χ1) is 11.6. The minimum absolute atomic E-state index is 0.152. The molecule has 1 aromatic carbocycles. The number of nitrogens with zero attached hydrogens (tertiary/aromatic N) is 2. The van der Waals surface area contributed by atoms with Crippen molar-refractivity contribution in [3.05, 3.63) is 52.2 Å². The lowest BCUT2D eigenvalue weighted by atomic mass is 10.1. The third kappa shape index (κ3) is 3.51. The molecule has 1 atom stereocenters. The first-order valence-corrected chi connectivity index (χ1v) is 8.79. The van der Waals surface area contributed by atoms with Crippen LogP contribution >= 0.6 is 11.8 Å². The molecular weight excluding hydrogens is 329 g/mol. The molecule has 1 aromatic heterocycles. The zero-order valence-corrected chi connectivity index (χ0v) is 14.1. The first kappa shape index (κ1) is 16.7. The standard InChI is InChI=1S/C17H18FN3O2S/c1-2-11-10-15(22)20-17(19-11)24-14-8-5-9-21(16(14)23)13-7-4-3-6-12(13)18/h3-4,6-7,10,14H,2,5,8-9H2,1H3,(H,19,20,22)/t14-/m1/s1. The van der Waals surface area contributed by atoms with Crippen LogP contribution in [0.3, 0.4) is 0 Å². The monoisotopic (exact) mass is 347 g/mol. The van der Waals surface area contributed by atoms with Gasteiger partial charge in [0.05, 0.1) is 10.9 Å². The second-order valence-electron chi connectivity index (χ2n) is 5.59. The minimum atomic E-state index is -0.406. The normalized spacial score (nSPS) is 18.0. The van der Waals surface area contributed by atoms with Crippen molar-refractivity contribution in [3.8, 4) is 0 Å². The van der Waals surface area contributed by atoms with Crippen LogP contribution < -0.4 is 10.5 Å². The number of amides is 1. The Balaban J connectivity index is 1.82. The average Bonchev–Trinajstić information content (AvgIpc) is 2.57. The van der Waals surface area contributed by atoms with E-state index >= 15 is 0 Å². The van der Waals surface area contributed by atoms with Crippen LogP contribution in [0.5, 0.6) is 0 Å². The molecule has 2 aromatic rings. The number of aryl methyl sites for hydroxylation is 1. The summed E-state index contributed by atoms with van der Waals surface area (Å²) < 4.78 is 14.0. The van der Waals surface area contributed by atoms with Crippen molar-refractivity contribution in [1.29, 1.82) is 0 Å². The maximum atomic E-state index is 14.0. The van der Waals surface area contributed by atoms with Gasteiger partial charge in [0, 0.05) is 18.3 Å². The van der Waals surface area contributed by atoms with Gasteiger partial charge < -0.3 is 9.88 Å². The molecule has 7 heteroatoms. The predicted octanol–water partition coefficient (Wildman–Crippen LogP) is 2.76. The molecule has 0 unspecified atom stereocenters. The largest absolute Gasteiger partial charge is 0.309 e. The Morgan fingerprint density at radius 3 is 2.92 bits per heavy atom. The van der Waals surface area contributed by atoms with E-state index in [1.165, 1.54) is 28.8 Å². The summed E-state index contributed by atoms with van der Waals surface area (Å²) in [7, 11) is 0. The number of aromatic amines is 1. The molecule has 0 aliphatic carbocycles. The number of hydrogen-bond acceptors (Lipinski definition) is 4. The van der Waals surface area contributed by atoms with Crippen LogP contribution in [-0.4, -0.2) is 27.7 Å². The van der Waals surface area contributed by atoms with E-state index in [4.69, 9.17) is 0 Å². The van der Waals surface area contributed by atoms with Crippen molar-refractivity contribution >= 4 is 23.4 Å². The van der Waals surface area contributed by atoms with Gasteiger partial charge in [-0.05, 0) is 31.4 Å². The Morgan fingerprint density at radius 1 is 1.38 bits per heavy atom. The Bertz CT molecular complexity index is 808. The molecule has 1 N–H and O–H groups in total. The molecule has 5 nitrogen and oxygen atoms in total. The topological polar surface area (TPSA) is 66.1 Å². The van der Waals surface area contributed by atoms with E-state index in [-0.39, 0.29) is 16.7 Å². The molecule has 2 heterocycles. The van der Waals surface area contributed by atoms with Crippen molar-refractivity contribution in [1.82, 2.24) is 9.97 Å². The van der Waals surface area contributed by atoms with Gasteiger partial charge >= 0.3 is 0 Å². The van der Waals surface area contributed by atoms with Crippen molar-refractivity contribution in [3.63, 3.8) is 0 Å². The van der Waals surface area contributed by atoms with Gasteiger partial charge in [-0.3, -0.25) is 9.59 Å². The number of benzene rings is 1. The molecule has 0 bridgehead atoms. The Kier molecular flexibility index (Phi) is 4.99. The summed E-state index contributed by atoms with van der Waals surface area (Å²) in [5.74, 6) is -0.558. The van der Waals surface area contributed by atoms with Crippen molar-refractivity contribution in [2.45, 2.75) is 36.6 Å². The smallest absolute Gasteiger partial charge is 0.251 e. The fourth-order valence-electron chi connectivity index (χ4n) is 2.72. The summed E-state index contributed by atoms with van der Waals surface area (Å²) in [6.45, 7) is 2.41. The number of piperidine rings is 1. The fraction of sp³-hybridized carbons (Fsp3) is 0.353. The molecule has 1 aliphatic rings. The molecule has 0 saturated carbocycles. The number of aromatic nitrogens is 2. The van der Waals surface area contributed by atoms with Crippen molar-refractivity contribution in [2.75, 3.05) is 11.4 Å². The van der Waals surface area contributed by atoms with Crippen LogP contribution in [0.1, 0.15) is 25.5 Å². The molecular formula is C17H18FN3O2S. The molecule has 126 valence electrons. The number of carbonyl (C=O) groups is 1. The lowest BCUT2D eigenvalue weighted by Gasteiger charge is -2.31. The maximum absolute atomic E-state index is 14.0. The van der Waals surface area contributed by atoms with Gasteiger partial charge in [-0.25, -0.2) is 9.37 Å². The lowest BCUT2D eigenvalue weighted by Crippen LogP contribution is -2.43. The van der Waals surface area contributed by atoms with Crippen LogP contribution in [0.4, 0.5) is 10.1 Å². The van der Waals surface area contributed by atoms with E-state index in [0.29, 0.717) is 35.9 Å². The summed E-state index contributed by atoms with van der Waals surface area (Å²) in [4.78, 5) is 32.9. The second kappa shape index (κ2) is 7.17. The second-order valence-corrected chi connectivity index (χ2v) is 6.78. The number of H-pyrrole nitrogens is 1. The van der Waals surface area contributed by atoms with Crippen LogP contribution in [0.15, 0.2) is 40.3 Å². The Labute approximate surface area is 143 Å². The van der Waals surface area contributed by atoms with Gasteiger partial charge in [-0.2, -0.15) is 0 Å². The highest BCUT2D eigenvalue weighted by atomic mass is 32.2. The highest BCUT2D eigenvalue weighted by Gasteiger charge is 2.32. The maximum Gasteiger partial charge on any atom is 0.251 e. The van der Waals surface area contributed by atoms with E-state index in [0.717, 1.165) is 6.42 Å². The summed E-state index contributed by atoms with van der Waals surface area (Å²) in [5.41, 5.74) is 0.769. The molecule has 24 heavy (non-hydrogen) atoms. The Hall–Kier alpha value is -2.15. The van der Waals surface area contributed by atoms with Crippen LogP contribution in [0, 0.1) is 5.82 Å². The first-order valence-electron chi connectivity index (χ1n) is 7.91. The number of anilines is 1. The summed E-state index contributed by atoms with van der Waals surface area (Å²) >= 11 is 1.24. The number of nitrogens with one attached hydrogen (secondary N) is 1. The molecule has 3 rings (SSSR count). The van der Waals surface area contributed by atoms with Crippen LogP contribution in [-0.2, 0) is 11.2 Å². The van der Waals surface area contributed by atoms with Crippen molar-refractivity contribution in [2.24, 2.45) is 0 Å². The highest BCUT2D eigenvalue weighted by molar-refractivity contribution is 8.00.